The summed E-state index contributed by atoms with van der Waals surface area (Å²) < 4.78 is 10.6. The van der Waals surface area contributed by atoms with Crippen LogP contribution in [0.25, 0.3) is 11.3 Å². The molecule has 9 heteroatoms. The maximum Gasteiger partial charge on any atom is 0.271 e. The molecule has 3 rings (SSSR count). The summed E-state index contributed by atoms with van der Waals surface area (Å²) in [5.74, 6) is 1.06. The van der Waals surface area contributed by atoms with Gasteiger partial charge in [-0.05, 0) is 42.5 Å². The van der Waals surface area contributed by atoms with Gasteiger partial charge in [0.15, 0.2) is 0 Å². The number of nitrogens with zero attached hydrogens (tertiary/aromatic N) is 2. The Balaban J connectivity index is 1.67. The van der Waals surface area contributed by atoms with E-state index in [1.165, 1.54) is 24.4 Å². The van der Waals surface area contributed by atoms with Gasteiger partial charge in [-0.15, -0.1) is 0 Å². The molecule has 0 fully saturated rings. The number of ether oxygens (including phenoxy) is 1. The summed E-state index contributed by atoms with van der Waals surface area (Å²) in [5, 5.41) is 14.8. The smallest absolute Gasteiger partial charge is 0.271 e. The van der Waals surface area contributed by atoms with Gasteiger partial charge in [-0.1, -0.05) is 11.6 Å². The molecule has 142 valence electrons. The molecular weight excluding hydrogens is 386 g/mol. The minimum Gasteiger partial charge on any atom is -0.497 e. The normalized spacial score (nSPS) is 10.8. The van der Waals surface area contributed by atoms with Crippen LogP contribution in [0, 0.1) is 10.1 Å². The van der Waals surface area contributed by atoms with Crippen LogP contribution in [0.1, 0.15) is 16.1 Å². The number of hydrazone groups is 1. The minimum absolute atomic E-state index is 0.108. The average Bonchev–Trinajstić information content (AvgIpc) is 3.16. The monoisotopic (exact) mass is 399 g/mol. The van der Waals surface area contributed by atoms with Crippen LogP contribution in [-0.4, -0.2) is 24.2 Å². The molecule has 0 aliphatic rings. The number of benzene rings is 2. The molecule has 0 radical (unpaired) electrons. The minimum atomic E-state index is -0.526. The average molecular weight is 400 g/mol. The van der Waals surface area contributed by atoms with Gasteiger partial charge in [-0.2, -0.15) is 5.10 Å². The highest BCUT2D eigenvalue weighted by atomic mass is 35.5. The van der Waals surface area contributed by atoms with Gasteiger partial charge in [-0.3, -0.25) is 14.9 Å². The van der Waals surface area contributed by atoms with E-state index in [9.17, 15) is 14.9 Å². The van der Waals surface area contributed by atoms with Gasteiger partial charge in [0.2, 0.25) is 0 Å². The number of rotatable bonds is 6. The van der Waals surface area contributed by atoms with E-state index in [1.807, 2.05) is 0 Å². The molecule has 0 spiro atoms. The third-order valence-corrected chi connectivity index (χ3v) is 4.08. The lowest BCUT2D eigenvalue weighted by molar-refractivity contribution is -0.384. The van der Waals surface area contributed by atoms with E-state index in [-0.39, 0.29) is 16.6 Å². The number of methoxy groups -OCH3 is 1. The van der Waals surface area contributed by atoms with E-state index in [0.717, 1.165) is 0 Å². The first-order valence-electron chi connectivity index (χ1n) is 7.99. The number of furan rings is 1. The van der Waals surface area contributed by atoms with Crippen LogP contribution in [0.3, 0.4) is 0 Å². The van der Waals surface area contributed by atoms with Crippen LogP contribution in [0.2, 0.25) is 5.02 Å². The molecule has 3 aromatic rings. The third kappa shape index (κ3) is 4.36. The van der Waals surface area contributed by atoms with Crippen LogP contribution in [0.5, 0.6) is 5.75 Å². The zero-order valence-corrected chi connectivity index (χ0v) is 15.3. The number of halogens is 1. The molecule has 1 amide bonds. The summed E-state index contributed by atoms with van der Waals surface area (Å²) >= 11 is 6.09. The molecule has 2 aromatic carbocycles. The largest absolute Gasteiger partial charge is 0.497 e. The number of nitro groups is 1. The quantitative estimate of drug-likeness (QED) is 0.378. The fourth-order valence-electron chi connectivity index (χ4n) is 2.35. The Morgan fingerprint density at radius 3 is 2.61 bits per heavy atom. The first kappa shape index (κ1) is 19.1. The van der Waals surface area contributed by atoms with E-state index in [1.54, 1.807) is 43.5 Å². The van der Waals surface area contributed by atoms with Crippen molar-refractivity contribution in [2.75, 3.05) is 7.11 Å². The van der Waals surface area contributed by atoms with Gasteiger partial charge >= 0.3 is 0 Å². The predicted octanol–water partition coefficient (Wildman–Crippen LogP) is 4.28. The lowest BCUT2D eigenvalue weighted by Crippen LogP contribution is -2.17. The molecule has 8 nitrogen and oxygen atoms in total. The Hall–Kier alpha value is -3.65. The standard InChI is InChI=1S/C19H14ClN3O5/c1-27-14-5-2-12(3-6-14)19(24)22-21-11-15-7-9-18(28-15)16-8-4-13(23(25)26)10-17(16)20/h2-11H,1H3,(H,22,24). The predicted molar refractivity (Wildman–Crippen MR) is 104 cm³/mol. The summed E-state index contributed by atoms with van der Waals surface area (Å²) in [7, 11) is 1.54. The number of carbonyl (C=O) groups excluding carboxylic acids is 1. The molecular formula is C19H14ClN3O5. The van der Waals surface area contributed by atoms with Crippen molar-refractivity contribution in [2.24, 2.45) is 5.10 Å². The Morgan fingerprint density at radius 1 is 1.21 bits per heavy atom. The van der Waals surface area contributed by atoms with Crippen molar-refractivity contribution in [3.63, 3.8) is 0 Å². The van der Waals surface area contributed by atoms with Crippen molar-refractivity contribution in [3.8, 4) is 17.1 Å². The van der Waals surface area contributed by atoms with Crippen molar-refractivity contribution >= 4 is 29.4 Å². The lowest BCUT2D eigenvalue weighted by Gasteiger charge is -2.02. The molecule has 0 saturated heterocycles. The maximum absolute atomic E-state index is 12.0. The second kappa shape index (κ2) is 8.36. The third-order valence-electron chi connectivity index (χ3n) is 3.77. The molecule has 0 aliphatic heterocycles. The number of nitrogens with one attached hydrogen (secondary N) is 1. The van der Waals surface area contributed by atoms with E-state index in [0.29, 0.717) is 28.4 Å². The zero-order chi connectivity index (χ0) is 20.1. The Bertz CT molecular complexity index is 1040. The summed E-state index contributed by atoms with van der Waals surface area (Å²) in [6, 6.07) is 14.0. The van der Waals surface area contributed by atoms with Gasteiger partial charge in [-0.25, -0.2) is 5.43 Å². The molecule has 0 atom stereocenters. The molecule has 1 aromatic heterocycles. The highest BCUT2D eigenvalue weighted by Gasteiger charge is 2.13. The van der Waals surface area contributed by atoms with E-state index < -0.39 is 4.92 Å². The van der Waals surface area contributed by atoms with Crippen molar-refractivity contribution in [1.82, 2.24) is 5.43 Å². The zero-order valence-electron chi connectivity index (χ0n) is 14.6. The van der Waals surface area contributed by atoms with Crippen molar-refractivity contribution < 1.29 is 18.9 Å². The van der Waals surface area contributed by atoms with Crippen LogP contribution in [0.4, 0.5) is 5.69 Å². The van der Waals surface area contributed by atoms with Gasteiger partial charge in [0, 0.05) is 23.3 Å². The Labute approximate surface area is 164 Å². The summed E-state index contributed by atoms with van der Waals surface area (Å²) in [6.07, 6.45) is 1.34. The van der Waals surface area contributed by atoms with Gasteiger partial charge in [0.1, 0.15) is 17.3 Å². The van der Waals surface area contributed by atoms with Gasteiger partial charge in [0.05, 0.1) is 23.3 Å². The number of hydrogen-bond donors (Lipinski definition) is 1. The summed E-state index contributed by atoms with van der Waals surface area (Å²) in [6.45, 7) is 0. The van der Waals surface area contributed by atoms with Crippen molar-refractivity contribution in [3.05, 3.63) is 81.1 Å². The molecule has 0 saturated carbocycles. The topological polar surface area (TPSA) is 107 Å². The van der Waals surface area contributed by atoms with Crippen LogP contribution < -0.4 is 10.2 Å². The second-order valence-corrected chi connectivity index (χ2v) is 5.96. The van der Waals surface area contributed by atoms with Crippen molar-refractivity contribution in [2.45, 2.75) is 0 Å². The first-order valence-corrected chi connectivity index (χ1v) is 8.37. The number of non-ortho nitro benzene ring substituents is 1. The number of nitro benzene ring substituents is 1. The molecule has 0 bridgehead atoms. The van der Waals surface area contributed by atoms with Crippen LogP contribution in [-0.2, 0) is 0 Å². The van der Waals surface area contributed by atoms with Crippen LogP contribution in [0.15, 0.2) is 64.1 Å². The van der Waals surface area contributed by atoms with Crippen LogP contribution >= 0.6 is 11.6 Å². The molecule has 0 unspecified atom stereocenters. The fraction of sp³-hybridized carbons (Fsp3) is 0.0526. The second-order valence-electron chi connectivity index (χ2n) is 5.55. The number of carbonyl (C=O) groups is 1. The van der Waals surface area contributed by atoms with E-state index >= 15 is 0 Å². The molecule has 28 heavy (non-hydrogen) atoms. The van der Waals surface area contributed by atoms with Crippen molar-refractivity contribution in [1.29, 1.82) is 0 Å². The maximum atomic E-state index is 12.0. The fourth-order valence-corrected chi connectivity index (χ4v) is 2.61. The highest BCUT2D eigenvalue weighted by Crippen LogP contribution is 2.32. The SMILES string of the molecule is COc1ccc(C(=O)NN=Cc2ccc(-c3ccc([N+](=O)[O-])cc3Cl)o2)cc1. The van der Waals surface area contributed by atoms with Gasteiger partial charge < -0.3 is 9.15 Å². The molecule has 0 aliphatic carbocycles. The first-order chi connectivity index (χ1) is 13.5. The summed E-state index contributed by atoms with van der Waals surface area (Å²) in [4.78, 5) is 22.3. The number of hydrogen-bond acceptors (Lipinski definition) is 6. The highest BCUT2D eigenvalue weighted by molar-refractivity contribution is 6.33. The van der Waals surface area contributed by atoms with E-state index in [2.05, 4.69) is 10.5 Å². The molecule has 1 N–H and O–H groups in total. The molecule has 1 heterocycles. The van der Waals surface area contributed by atoms with E-state index in [4.69, 9.17) is 20.8 Å². The number of amides is 1. The lowest BCUT2D eigenvalue weighted by atomic mass is 10.1. The van der Waals surface area contributed by atoms with Gasteiger partial charge in [0.25, 0.3) is 11.6 Å². The Morgan fingerprint density at radius 2 is 1.96 bits per heavy atom. The summed E-state index contributed by atoms with van der Waals surface area (Å²) in [5.41, 5.74) is 3.22. The Kier molecular flexibility index (Phi) is 5.71.